The Morgan fingerprint density at radius 3 is 2.44 bits per heavy atom. The summed E-state index contributed by atoms with van der Waals surface area (Å²) in [6, 6.07) is 7.22. The zero-order valence-corrected chi connectivity index (χ0v) is 11.2. The van der Waals surface area contributed by atoms with E-state index in [0.717, 1.165) is 11.5 Å². The van der Waals surface area contributed by atoms with Gasteiger partial charge in [-0.15, -0.1) is 12.4 Å². The van der Waals surface area contributed by atoms with Gasteiger partial charge in [-0.05, 0) is 24.3 Å². The van der Waals surface area contributed by atoms with Gasteiger partial charge in [0.1, 0.15) is 11.5 Å². The van der Waals surface area contributed by atoms with Crippen LogP contribution in [0.4, 0.5) is 0 Å². The average molecular weight is 275 g/mol. The van der Waals surface area contributed by atoms with Crippen LogP contribution in [0.2, 0.25) is 0 Å². The summed E-state index contributed by atoms with van der Waals surface area (Å²) in [6.07, 6.45) is 0.325. The molecule has 0 radical (unpaired) electrons. The quantitative estimate of drug-likeness (QED) is 0.777. The van der Waals surface area contributed by atoms with E-state index in [2.05, 4.69) is 5.32 Å². The minimum atomic E-state index is -0.0519. The second-order valence-electron chi connectivity index (χ2n) is 3.41. The molecule has 6 heteroatoms. The molecule has 102 valence electrons. The third kappa shape index (κ3) is 6.32. The molecule has 0 saturated heterocycles. The van der Waals surface area contributed by atoms with E-state index in [-0.39, 0.29) is 18.3 Å². The highest BCUT2D eigenvalue weighted by Crippen LogP contribution is 2.16. The molecule has 0 aromatic heterocycles. The van der Waals surface area contributed by atoms with Crippen molar-refractivity contribution >= 4 is 18.3 Å². The first kappa shape index (κ1) is 16.5. The first-order valence-corrected chi connectivity index (χ1v) is 5.50. The number of hydrogen-bond donors (Lipinski definition) is 2. The number of nitrogens with two attached hydrogens (primary N) is 1. The van der Waals surface area contributed by atoms with Gasteiger partial charge in [-0.1, -0.05) is 0 Å². The fourth-order valence-corrected chi connectivity index (χ4v) is 1.23. The summed E-state index contributed by atoms with van der Waals surface area (Å²) in [6.45, 7) is 1.30. The lowest BCUT2D eigenvalue weighted by Gasteiger charge is -2.07. The molecule has 0 atom stereocenters. The van der Waals surface area contributed by atoms with E-state index in [4.69, 9.17) is 15.2 Å². The molecular weight excluding hydrogens is 256 g/mol. The maximum absolute atomic E-state index is 11.2. The van der Waals surface area contributed by atoms with Crippen molar-refractivity contribution in [1.82, 2.24) is 5.32 Å². The molecule has 0 aliphatic heterocycles. The summed E-state index contributed by atoms with van der Waals surface area (Å²) in [5.41, 5.74) is 5.27. The second kappa shape index (κ2) is 9.56. The number of halogens is 1. The number of ether oxygens (including phenoxy) is 2. The Morgan fingerprint density at radius 1 is 1.28 bits per heavy atom. The lowest BCUT2D eigenvalue weighted by molar-refractivity contribution is -0.121. The molecule has 3 N–H and O–H groups in total. The minimum absolute atomic E-state index is 0. The molecule has 0 fully saturated rings. The normalized spacial score (nSPS) is 9.22. The largest absolute Gasteiger partial charge is 0.497 e. The Hall–Kier alpha value is -1.46. The number of carbonyl (C=O) groups is 1. The topological polar surface area (TPSA) is 73.6 Å². The van der Waals surface area contributed by atoms with E-state index in [1.165, 1.54) is 0 Å². The van der Waals surface area contributed by atoms with E-state index in [1.807, 2.05) is 12.1 Å². The minimum Gasteiger partial charge on any atom is -0.497 e. The van der Waals surface area contributed by atoms with Crippen molar-refractivity contribution in [3.63, 3.8) is 0 Å². The maximum atomic E-state index is 11.2. The predicted octanol–water partition coefficient (Wildman–Crippen LogP) is 0.961. The molecule has 0 heterocycles. The van der Waals surface area contributed by atoms with Crippen molar-refractivity contribution in [3.05, 3.63) is 24.3 Å². The lowest BCUT2D eigenvalue weighted by atomic mass is 10.3. The van der Waals surface area contributed by atoms with Crippen LogP contribution in [-0.4, -0.2) is 32.7 Å². The Bertz CT molecular complexity index is 344. The first-order chi connectivity index (χ1) is 8.26. The number of hydrogen-bond acceptors (Lipinski definition) is 4. The van der Waals surface area contributed by atoms with E-state index >= 15 is 0 Å². The summed E-state index contributed by atoms with van der Waals surface area (Å²) < 4.78 is 10.4. The second-order valence-corrected chi connectivity index (χ2v) is 3.41. The number of carbonyl (C=O) groups excluding carboxylic acids is 1. The predicted molar refractivity (Wildman–Crippen MR) is 72.4 cm³/mol. The number of nitrogens with one attached hydrogen (secondary N) is 1. The molecule has 18 heavy (non-hydrogen) atoms. The molecule has 1 rings (SSSR count). The highest BCUT2D eigenvalue weighted by Gasteiger charge is 2.01. The van der Waals surface area contributed by atoms with Crippen LogP contribution in [0, 0.1) is 0 Å². The fourth-order valence-electron chi connectivity index (χ4n) is 1.23. The number of benzene rings is 1. The molecule has 1 aromatic rings. The molecule has 0 saturated carbocycles. The van der Waals surface area contributed by atoms with Gasteiger partial charge in [0, 0.05) is 13.1 Å². The third-order valence-electron chi connectivity index (χ3n) is 2.12. The maximum Gasteiger partial charge on any atom is 0.223 e. The van der Waals surface area contributed by atoms with E-state index < -0.39 is 0 Å². The molecule has 0 spiro atoms. The Labute approximate surface area is 113 Å². The standard InChI is InChI=1S/C12H18N2O3.ClH/c1-16-10-2-4-11(5-3-10)17-9-6-12(15)14-8-7-13;/h2-5H,6-9,13H2,1H3,(H,14,15);1H. The molecule has 0 aliphatic carbocycles. The Kier molecular flexibility index (Phi) is 8.78. The van der Waals surface area contributed by atoms with E-state index in [9.17, 15) is 4.79 Å². The van der Waals surface area contributed by atoms with E-state index in [1.54, 1.807) is 19.2 Å². The van der Waals surface area contributed by atoms with Crippen molar-refractivity contribution in [2.45, 2.75) is 6.42 Å². The average Bonchev–Trinajstić information content (AvgIpc) is 2.37. The molecule has 0 bridgehead atoms. The van der Waals surface area contributed by atoms with Crippen molar-refractivity contribution in [2.24, 2.45) is 5.73 Å². The number of methoxy groups -OCH3 is 1. The molecule has 0 unspecified atom stereocenters. The van der Waals surface area contributed by atoms with Gasteiger partial charge < -0.3 is 20.5 Å². The summed E-state index contributed by atoms with van der Waals surface area (Å²) >= 11 is 0. The van der Waals surface area contributed by atoms with Gasteiger partial charge >= 0.3 is 0 Å². The van der Waals surface area contributed by atoms with Crippen LogP contribution in [0.15, 0.2) is 24.3 Å². The highest BCUT2D eigenvalue weighted by molar-refractivity contribution is 5.85. The van der Waals surface area contributed by atoms with E-state index in [0.29, 0.717) is 26.1 Å². The molecule has 1 aromatic carbocycles. The SMILES string of the molecule is COc1ccc(OCCC(=O)NCCN)cc1.Cl. The van der Waals surface area contributed by atoms with Gasteiger partial charge in [-0.25, -0.2) is 0 Å². The summed E-state index contributed by atoms with van der Waals surface area (Å²) in [5, 5.41) is 2.67. The monoisotopic (exact) mass is 274 g/mol. The summed E-state index contributed by atoms with van der Waals surface area (Å²) in [4.78, 5) is 11.2. The van der Waals surface area contributed by atoms with Crippen LogP contribution in [0.25, 0.3) is 0 Å². The molecule has 1 amide bonds. The van der Waals surface area contributed by atoms with Gasteiger partial charge in [-0.2, -0.15) is 0 Å². The fraction of sp³-hybridized carbons (Fsp3) is 0.417. The molecule has 5 nitrogen and oxygen atoms in total. The van der Waals surface area contributed by atoms with Crippen LogP contribution in [0.5, 0.6) is 11.5 Å². The Morgan fingerprint density at radius 2 is 1.89 bits per heavy atom. The molecule has 0 aliphatic rings. The van der Waals surface area contributed by atoms with Crippen LogP contribution in [-0.2, 0) is 4.79 Å². The summed E-state index contributed by atoms with van der Waals surface area (Å²) in [5.74, 6) is 1.44. The van der Waals surface area contributed by atoms with Crippen molar-refractivity contribution in [1.29, 1.82) is 0 Å². The number of rotatable bonds is 7. The van der Waals surface area contributed by atoms with Crippen LogP contribution in [0.1, 0.15) is 6.42 Å². The van der Waals surface area contributed by atoms with Gasteiger partial charge in [0.15, 0.2) is 0 Å². The smallest absolute Gasteiger partial charge is 0.223 e. The lowest BCUT2D eigenvalue weighted by Crippen LogP contribution is -2.29. The van der Waals surface area contributed by atoms with Crippen LogP contribution in [0.3, 0.4) is 0 Å². The van der Waals surface area contributed by atoms with Gasteiger partial charge in [-0.3, -0.25) is 4.79 Å². The van der Waals surface area contributed by atoms with Crippen molar-refractivity contribution < 1.29 is 14.3 Å². The first-order valence-electron chi connectivity index (χ1n) is 5.50. The van der Waals surface area contributed by atoms with Gasteiger partial charge in [0.25, 0.3) is 0 Å². The summed E-state index contributed by atoms with van der Waals surface area (Å²) in [7, 11) is 1.61. The number of amides is 1. The van der Waals surface area contributed by atoms with Crippen molar-refractivity contribution in [3.8, 4) is 11.5 Å². The third-order valence-corrected chi connectivity index (χ3v) is 2.12. The Balaban J connectivity index is 0.00000289. The zero-order chi connectivity index (χ0) is 12.5. The highest BCUT2D eigenvalue weighted by atomic mass is 35.5. The zero-order valence-electron chi connectivity index (χ0n) is 10.3. The van der Waals surface area contributed by atoms with Gasteiger partial charge in [0.05, 0.1) is 20.1 Å². The molecular formula is C12H19ClN2O3. The van der Waals surface area contributed by atoms with Gasteiger partial charge in [0.2, 0.25) is 5.91 Å². The van der Waals surface area contributed by atoms with Crippen LogP contribution < -0.4 is 20.5 Å². The van der Waals surface area contributed by atoms with Crippen molar-refractivity contribution in [2.75, 3.05) is 26.8 Å². The van der Waals surface area contributed by atoms with Crippen LogP contribution >= 0.6 is 12.4 Å².